The molecule has 1 unspecified atom stereocenters. The summed E-state index contributed by atoms with van der Waals surface area (Å²) in [5.41, 5.74) is 1.45. The Balaban J connectivity index is 2.68. The molecule has 1 aromatic rings. The maximum Gasteiger partial charge on any atom is 0.0589 e. The minimum atomic E-state index is 0.330. The Morgan fingerprint density at radius 3 is 2.53 bits per heavy atom. The van der Waals surface area contributed by atoms with Crippen LogP contribution in [0.3, 0.4) is 0 Å². The highest BCUT2D eigenvalue weighted by atomic mass is 35.5. The molecule has 96 valence electrons. The van der Waals surface area contributed by atoms with Gasteiger partial charge in [0.2, 0.25) is 0 Å². The normalized spacial score (nSPS) is 13.7. The van der Waals surface area contributed by atoms with E-state index in [0.29, 0.717) is 16.5 Å². The van der Waals surface area contributed by atoms with Crippen molar-refractivity contribution < 1.29 is 0 Å². The van der Waals surface area contributed by atoms with Gasteiger partial charge in [-0.25, -0.2) is 0 Å². The molecule has 17 heavy (non-hydrogen) atoms. The first-order valence-electron chi connectivity index (χ1n) is 6.27. The smallest absolute Gasteiger partial charge is 0.0589 e. The number of aromatic nitrogens is 1. The van der Waals surface area contributed by atoms with Gasteiger partial charge < -0.3 is 5.32 Å². The van der Waals surface area contributed by atoms with Crippen LogP contribution >= 0.6 is 11.6 Å². The average Bonchev–Trinajstić information content (AvgIpc) is 2.24. The van der Waals surface area contributed by atoms with Crippen LogP contribution in [0.5, 0.6) is 0 Å². The monoisotopic (exact) mass is 254 g/mol. The van der Waals surface area contributed by atoms with E-state index in [9.17, 15) is 0 Å². The molecule has 0 saturated heterocycles. The fourth-order valence-electron chi connectivity index (χ4n) is 1.77. The molecule has 0 aliphatic rings. The predicted molar refractivity (Wildman–Crippen MR) is 74.4 cm³/mol. The predicted octanol–water partition coefficient (Wildman–Crippen LogP) is 4.21. The minimum Gasteiger partial charge on any atom is -0.309 e. The summed E-state index contributed by atoms with van der Waals surface area (Å²) < 4.78 is 0. The zero-order valence-corrected chi connectivity index (χ0v) is 12.0. The van der Waals surface area contributed by atoms with E-state index in [1.54, 1.807) is 6.20 Å². The van der Waals surface area contributed by atoms with Gasteiger partial charge in [0.05, 0.1) is 10.7 Å². The lowest BCUT2D eigenvalue weighted by atomic mass is 9.88. The van der Waals surface area contributed by atoms with Crippen molar-refractivity contribution in [3.63, 3.8) is 0 Å². The summed E-state index contributed by atoms with van der Waals surface area (Å²) in [5, 5.41) is 4.18. The van der Waals surface area contributed by atoms with E-state index >= 15 is 0 Å². The van der Waals surface area contributed by atoms with Crippen molar-refractivity contribution in [1.29, 1.82) is 0 Å². The van der Waals surface area contributed by atoms with E-state index in [-0.39, 0.29) is 0 Å². The van der Waals surface area contributed by atoms with Gasteiger partial charge in [0.15, 0.2) is 0 Å². The number of halogens is 1. The molecule has 0 radical (unpaired) electrons. The molecular formula is C14H23ClN2. The van der Waals surface area contributed by atoms with Gasteiger partial charge in [0, 0.05) is 12.2 Å². The molecule has 0 bridgehead atoms. The third-order valence-electron chi connectivity index (χ3n) is 2.74. The maximum atomic E-state index is 5.86. The van der Waals surface area contributed by atoms with Crippen LogP contribution in [-0.4, -0.2) is 11.5 Å². The molecule has 0 saturated carbocycles. The van der Waals surface area contributed by atoms with Crippen LogP contribution in [-0.2, 0) is 0 Å². The number of hydrogen-bond donors (Lipinski definition) is 1. The van der Waals surface area contributed by atoms with Crippen LogP contribution in [0.25, 0.3) is 0 Å². The highest BCUT2D eigenvalue weighted by molar-refractivity contribution is 6.30. The van der Waals surface area contributed by atoms with E-state index in [1.807, 2.05) is 12.1 Å². The average molecular weight is 255 g/mol. The molecule has 0 aliphatic heterocycles. The summed E-state index contributed by atoms with van der Waals surface area (Å²) in [7, 11) is 0. The molecular weight excluding hydrogens is 232 g/mol. The number of hydrogen-bond acceptors (Lipinski definition) is 2. The third-order valence-corrected chi connectivity index (χ3v) is 2.96. The lowest BCUT2D eigenvalue weighted by molar-refractivity contribution is 0.331. The van der Waals surface area contributed by atoms with Crippen molar-refractivity contribution in [3.05, 3.63) is 29.0 Å². The van der Waals surface area contributed by atoms with Crippen molar-refractivity contribution in [2.45, 2.75) is 46.6 Å². The van der Waals surface area contributed by atoms with Crippen molar-refractivity contribution in [3.8, 4) is 0 Å². The highest BCUT2D eigenvalue weighted by Gasteiger charge is 2.16. The lowest BCUT2D eigenvalue weighted by Gasteiger charge is -2.23. The molecule has 1 N–H and O–H groups in total. The quantitative estimate of drug-likeness (QED) is 0.851. The standard InChI is InChI=1S/C14H23ClN2/c1-5-16-13(8-9-14(2,3)4)12-7-6-11(15)10-17-12/h6-7,10,13,16H,5,8-9H2,1-4H3. The summed E-state index contributed by atoms with van der Waals surface area (Å²) in [6.07, 6.45) is 4.00. The lowest BCUT2D eigenvalue weighted by Crippen LogP contribution is -2.23. The zero-order valence-electron chi connectivity index (χ0n) is 11.3. The van der Waals surface area contributed by atoms with Crippen LogP contribution in [0.1, 0.15) is 52.3 Å². The van der Waals surface area contributed by atoms with E-state index in [2.05, 4.69) is 38.0 Å². The van der Waals surface area contributed by atoms with Crippen molar-refractivity contribution in [1.82, 2.24) is 10.3 Å². The number of nitrogens with one attached hydrogen (secondary N) is 1. The van der Waals surface area contributed by atoms with Crippen LogP contribution in [0.2, 0.25) is 5.02 Å². The Bertz CT molecular complexity index is 327. The number of rotatable bonds is 5. The van der Waals surface area contributed by atoms with Crippen LogP contribution < -0.4 is 5.32 Å². The van der Waals surface area contributed by atoms with E-state index < -0.39 is 0 Å². The van der Waals surface area contributed by atoms with Gasteiger partial charge in [0.1, 0.15) is 0 Å². The summed E-state index contributed by atoms with van der Waals surface area (Å²) in [6, 6.07) is 4.25. The molecule has 0 aromatic carbocycles. The maximum absolute atomic E-state index is 5.86. The van der Waals surface area contributed by atoms with Crippen molar-refractivity contribution in [2.75, 3.05) is 6.54 Å². The number of nitrogens with zero attached hydrogens (tertiary/aromatic N) is 1. The fraction of sp³-hybridized carbons (Fsp3) is 0.643. The Kier molecular flexibility index (Phi) is 5.41. The van der Waals surface area contributed by atoms with E-state index in [1.165, 1.54) is 6.42 Å². The summed E-state index contributed by atoms with van der Waals surface area (Å²) >= 11 is 5.86. The molecule has 0 spiro atoms. The SMILES string of the molecule is CCNC(CCC(C)(C)C)c1ccc(Cl)cn1. The first-order valence-corrected chi connectivity index (χ1v) is 6.65. The fourth-order valence-corrected chi connectivity index (χ4v) is 1.88. The molecule has 0 aliphatic carbocycles. The summed E-state index contributed by atoms with van der Waals surface area (Å²) in [4.78, 5) is 4.40. The largest absolute Gasteiger partial charge is 0.309 e. The highest BCUT2D eigenvalue weighted by Crippen LogP contribution is 2.26. The topological polar surface area (TPSA) is 24.9 Å². The van der Waals surface area contributed by atoms with Gasteiger partial charge in [-0.1, -0.05) is 39.3 Å². The summed E-state index contributed by atoms with van der Waals surface area (Å²) in [6.45, 7) is 9.89. The second kappa shape index (κ2) is 6.36. The zero-order chi connectivity index (χ0) is 12.9. The minimum absolute atomic E-state index is 0.330. The first-order chi connectivity index (χ1) is 7.92. The van der Waals surface area contributed by atoms with Crippen molar-refractivity contribution in [2.24, 2.45) is 5.41 Å². The van der Waals surface area contributed by atoms with Crippen LogP contribution in [0, 0.1) is 5.41 Å². The Hall–Kier alpha value is -0.600. The van der Waals surface area contributed by atoms with Gasteiger partial charge in [0.25, 0.3) is 0 Å². The molecule has 0 amide bonds. The van der Waals surface area contributed by atoms with E-state index in [4.69, 9.17) is 11.6 Å². The van der Waals surface area contributed by atoms with Crippen molar-refractivity contribution >= 4 is 11.6 Å². The Morgan fingerprint density at radius 1 is 1.35 bits per heavy atom. The van der Waals surface area contributed by atoms with Gasteiger partial charge in [-0.15, -0.1) is 0 Å². The van der Waals surface area contributed by atoms with Gasteiger partial charge in [-0.2, -0.15) is 0 Å². The molecule has 1 aromatic heterocycles. The molecule has 1 atom stereocenters. The molecule has 2 nitrogen and oxygen atoms in total. The molecule has 1 rings (SSSR count). The summed E-state index contributed by atoms with van der Waals surface area (Å²) in [5.74, 6) is 0. The Labute approximate surface area is 110 Å². The van der Waals surface area contributed by atoms with E-state index in [0.717, 1.165) is 18.7 Å². The molecule has 1 heterocycles. The van der Waals surface area contributed by atoms with Gasteiger partial charge in [-0.05, 0) is 36.9 Å². The second-order valence-corrected chi connectivity index (χ2v) is 6.05. The van der Waals surface area contributed by atoms with Crippen LogP contribution in [0.15, 0.2) is 18.3 Å². The van der Waals surface area contributed by atoms with Gasteiger partial charge >= 0.3 is 0 Å². The first kappa shape index (κ1) is 14.5. The number of pyridine rings is 1. The van der Waals surface area contributed by atoms with Gasteiger partial charge in [-0.3, -0.25) is 4.98 Å². The molecule has 0 fully saturated rings. The van der Waals surface area contributed by atoms with Crippen LogP contribution in [0.4, 0.5) is 0 Å². The third kappa shape index (κ3) is 5.51. The molecule has 3 heteroatoms. The Morgan fingerprint density at radius 2 is 2.06 bits per heavy atom. The second-order valence-electron chi connectivity index (χ2n) is 5.61.